The number of carboxylic acids is 2. The van der Waals surface area contributed by atoms with Crippen LogP contribution in [0.3, 0.4) is 0 Å². The first-order chi connectivity index (χ1) is 24.1. The van der Waals surface area contributed by atoms with Crippen LogP contribution in [0.25, 0.3) is 11.5 Å². The van der Waals surface area contributed by atoms with Crippen molar-refractivity contribution in [2.75, 3.05) is 31.1 Å². The van der Waals surface area contributed by atoms with E-state index in [1.807, 2.05) is 0 Å². The van der Waals surface area contributed by atoms with Gasteiger partial charge in [0, 0.05) is 29.5 Å². The number of nitrogen functional groups attached to an aromatic ring is 1. The molecule has 2 saturated heterocycles. The molecule has 6 rings (SSSR count). The zero-order valence-electron chi connectivity index (χ0n) is 28.0. The fourth-order valence-corrected chi connectivity index (χ4v) is 8.14. The third kappa shape index (κ3) is 7.59. The number of carboxylic acid groups (broad SMARTS) is 2. The predicted molar refractivity (Wildman–Crippen MR) is 176 cm³/mol. The van der Waals surface area contributed by atoms with Crippen LogP contribution >= 0.6 is 34.7 Å². The summed E-state index contributed by atoms with van der Waals surface area (Å²) in [6, 6.07) is 1.50. The van der Waals surface area contributed by atoms with Crippen LogP contribution in [0, 0.1) is 0 Å². The average molecular weight is 785 g/mol. The Balaban J connectivity index is 0.00000523. The molecule has 3 aliphatic rings. The van der Waals surface area contributed by atoms with Crippen molar-refractivity contribution in [1.82, 2.24) is 25.4 Å². The van der Waals surface area contributed by atoms with E-state index in [1.165, 1.54) is 43.1 Å². The van der Waals surface area contributed by atoms with E-state index >= 15 is 0 Å². The minimum atomic E-state index is -1.91. The summed E-state index contributed by atoms with van der Waals surface area (Å²) in [5.74, 6) is -5.25. The molecule has 3 aliphatic heterocycles. The number of nitrogens with zero attached hydrogens (tertiary/aromatic N) is 6. The van der Waals surface area contributed by atoms with E-state index < -0.39 is 58.0 Å². The summed E-state index contributed by atoms with van der Waals surface area (Å²) in [4.78, 5) is 61.0. The molecule has 22 heteroatoms. The van der Waals surface area contributed by atoms with Gasteiger partial charge >= 0.3 is 29.6 Å². The molecule has 270 valence electrons. The van der Waals surface area contributed by atoms with Crippen LogP contribution in [0.5, 0.6) is 11.5 Å². The number of carbonyl (C=O) groups is 4. The van der Waals surface area contributed by atoms with Gasteiger partial charge in [0.15, 0.2) is 34.5 Å². The molecule has 52 heavy (non-hydrogen) atoms. The summed E-state index contributed by atoms with van der Waals surface area (Å²) < 4.78 is 6.24. The normalized spacial score (nSPS) is 19.8. The first kappa shape index (κ1) is 39.3. The van der Waals surface area contributed by atoms with Gasteiger partial charge in [0.25, 0.3) is 17.7 Å². The van der Waals surface area contributed by atoms with E-state index in [9.17, 15) is 39.6 Å². The van der Waals surface area contributed by atoms with Crippen molar-refractivity contribution in [2.24, 2.45) is 5.16 Å². The van der Waals surface area contributed by atoms with Gasteiger partial charge in [-0.05, 0) is 26.0 Å². The van der Waals surface area contributed by atoms with Crippen molar-refractivity contribution >= 4 is 69.3 Å². The van der Waals surface area contributed by atoms with Crippen molar-refractivity contribution in [1.29, 1.82) is 0 Å². The maximum absolute atomic E-state index is 13.5. The second-order valence-corrected chi connectivity index (χ2v) is 15.0. The van der Waals surface area contributed by atoms with E-state index in [1.54, 1.807) is 0 Å². The zero-order chi connectivity index (χ0) is 36.8. The molecular formula is C30H30ClN8NaO10S2. The predicted octanol–water partition coefficient (Wildman–Crippen LogP) is -3.69. The Morgan fingerprint density at radius 3 is 2.56 bits per heavy atom. The third-order valence-corrected chi connectivity index (χ3v) is 11.1. The van der Waals surface area contributed by atoms with Gasteiger partial charge < -0.3 is 54.8 Å². The maximum atomic E-state index is 13.5. The molecule has 2 fully saturated rings. The van der Waals surface area contributed by atoms with E-state index in [0.29, 0.717) is 23.1 Å². The summed E-state index contributed by atoms with van der Waals surface area (Å²) in [5.41, 5.74) is 3.72. The molecule has 0 spiro atoms. The number of nitrogens with two attached hydrogens (primary N) is 1. The summed E-state index contributed by atoms with van der Waals surface area (Å²) in [7, 11) is 0. The smallest absolute Gasteiger partial charge is 0.546 e. The van der Waals surface area contributed by atoms with Gasteiger partial charge in [0.2, 0.25) is 5.89 Å². The second kappa shape index (κ2) is 15.2. The molecule has 2 atom stereocenters. The third-order valence-electron chi connectivity index (χ3n) is 8.67. The van der Waals surface area contributed by atoms with Crippen LogP contribution in [0.4, 0.5) is 5.13 Å². The number of aromatic nitrogens is 3. The van der Waals surface area contributed by atoms with Gasteiger partial charge in [-0.1, -0.05) is 16.8 Å². The largest absolute Gasteiger partial charge is 1.00 e. The minimum Gasteiger partial charge on any atom is -0.546 e. The maximum Gasteiger partial charge on any atom is 1.00 e. The average Bonchev–Trinajstić information content (AvgIpc) is 3.84. The molecule has 0 radical (unpaired) electrons. The number of phenolic OH excluding ortho intramolecular Hbond substituents is 2. The number of thiazole rings is 1. The summed E-state index contributed by atoms with van der Waals surface area (Å²) in [6.07, 6.45) is 1.69. The Labute approximate surface area is 330 Å². The van der Waals surface area contributed by atoms with Crippen molar-refractivity contribution in [3.8, 4) is 23.0 Å². The van der Waals surface area contributed by atoms with Crippen LogP contribution in [0.1, 0.15) is 38.3 Å². The van der Waals surface area contributed by atoms with E-state index in [4.69, 9.17) is 26.6 Å². The molecule has 2 aromatic heterocycles. The van der Waals surface area contributed by atoms with Crippen molar-refractivity contribution in [3.63, 3.8) is 0 Å². The number of nitrogens with one attached hydrogen (secondary N) is 1. The number of aromatic hydroxyl groups is 2. The first-order valence-electron chi connectivity index (χ1n) is 15.4. The van der Waals surface area contributed by atoms with Crippen LogP contribution < -0.4 is 50.8 Å². The fourth-order valence-electron chi connectivity index (χ4n) is 6.02. The standard InChI is InChI=1S/C30H31ClN8O10S2.Na/c1-30(2,28(46)47)49-37-19(15-12-51-29(32)33-15)23(42)34-20-25(43)38-21(27(44)45)13(11-50-26(20)38)9-39(7-3-4-8-39)10-17-35-36-24(48-17)14-5-6-16(40)22(41)18(14)31;/h5-6,12,20,26H,3-4,7-11H2,1-2H3,(H6-,32,33,34,36,37,40,41,42,44,45,46,47);/q;+1/p-1/t20-,26-;/m1./s1. The minimum absolute atomic E-state index is 0. The number of amides is 2. The van der Waals surface area contributed by atoms with Crippen LogP contribution in [0.15, 0.2) is 38.4 Å². The number of rotatable bonds is 12. The number of phenols is 2. The number of fused-ring (bicyclic) bond motifs is 1. The van der Waals surface area contributed by atoms with Crippen LogP contribution in [0.2, 0.25) is 5.02 Å². The number of hydrogen-bond donors (Lipinski definition) is 4. The number of anilines is 1. The van der Waals surface area contributed by atoms with Gasteiger partial charge in [0.1, 0.15) is 23.7 Å². The van der Waals surface area contributed by atoms with Gasteiger partial charge in [-0.2, -0.15) is 0 Å². The number of carbonyl (C=O) groups excluding carboxylic acids is 4. The molecule has 3 aromatic rings. The van der Waals surface area contributed by atoms with Crippen molar-refractivity contribution < 1.29 is 82.9 Å². The van der Waals surface area contributed by atoms with Gasteiger partial charge in [-0.25, -0.2) is 4.98 Å². The van der Waals surface area contributed by atoms with E-state index in [-0.39, 0.29) is 87.3 Å². The van der Waals surface area contributed by atoms with E-state index in [2.05, 4.69) is 25.7 Å². The first-order valence-corrected chi connectivity index (χ1v) is 17.7. The molecule has 1 aromatic carbocycles. The Morgan fingerprint density at radius 2 is 1.92 bits per heavy atom. The number of likely N-dealkylation sites (tertiary alicyclic amines) is 1. The number of oxime groups is 1. The number of thioether (sulfide) groups is 1. The Morgan fingerprint density at radius 1 is 1.21 bits per heavy atom. The Kier molecular flexibility index (Phi) is 11.5. The van der Waals surface area contributed by atoms with Crippen LogP contribution in [-0.2, 0) is 30.6 Å². The zero-order valence-corrected chi connectivity index (χ0v) is 32.3. The molecule has 5 N–H and O–H groups in total. The van der Waals surface area contributed by atoms with Crippen molar-refractivity contribution in [3.05, 3.63) is 45.4 Å². The summed E-state index contributed by atoms with van der Waals surface area (Å²) in [5, 5.41) is 58.7. The molecule has 2 amide bonds. The van der Waals surface area contributed by atoms with Gasteiger partial charge in [-0.15, -0.1) is 33.3 Å². The molecular weight excluding hydrogens is 755 g/mol. The SMILES string of the molecule is CC(C)(O/N=C(\C(=O)N[C@@H]1C(=O)N2C(C(=O)[O-])=C(C[N+]3(Cc4nnc(-c5ccc(O)c(O)c5Cl)o4)CCCC3)CS[C@H]12)c1csc(N)n1)C(=O)[O-].[Na+]. The quantitative estimate of drug-likeness (QED) is 0.0344. The Bertz CT molecular complexity index is 2000. The number of β-lactam (4-membered cyclic amide) rings is 1. The Hall–Kier alpha value is -3.92. The van der Waals surface area contributed by atoms with Crippen molar-refractivity contribution in [2.45, 2.75) is 50.3 Å². The molecule has 0 aliphatic carbocycles. The number of halogens is 1. The van der Waals surface area contributed by atoms with E-state index in [0.717, 1.165) is 29.1 Å². The number of benzene rings is 1. The molecule has 0 saturated carbocycles. The van der Waals surface area contributed by atoms with Crippen LogP contribution in [-0.4, -0.2) is 107 Å². The number of aliphatic carboxylic acids is 2. The molecule has 5 heterocycles. The molecule has 0 unspecified atom stereocenters. The summed E-state index contributed by atoms with van der Waals surface area (Å²) in [6.45, 7) is 4.12. The second-order valence-electron chi connectivity index (χ2n) is 12.6. The fraction of sp³-hybridized carbons (Fsp3) is 0.400. The monoisotopic (exact) mass is 784 g/mol. The topological polar surface area (TPSA) is 270 Å². The number of hydrogen-bond acceptors (Lipinski definition) is 17. The molecule has 0 bridgehead atoms. The molecule has 18 nitrogen and oxygen atoms in total. The van der Waals surface area contributed by atoms with Gasteiger partial charge in [0.05, 0.1) is 41.3 Å². The summed E-state index contributed by atoms with van der Waals surface area (Å²) >= 11 is 8.42. The van der Waals surface area contributed by atoms with Gasteiger partial charge in [-0.3, -0.25) is 14.5 Å². The number of quaternary nitrogens is 1.